The van der Waals surface area contributed by atoms with Crippen LogP contribution in [0.5, 0.6) is 5.75 Å². The predicted octanol–water partition coefficient (Wildman–Crippen LogP) is 2.96. The molecule has 1 unspecified atom stereocenters. The highest BCUT2D eigenvalue weighted by Gasteiger charge is 2.50. The zero-order valence-corrected chi connectivity index (χ0v) is 20.3. The van der Waals surface area contributed by atoms with E-state index in [4.69, 9.17) is 4.74 Å². The van der Waals surface area contributed by atoms with Crippen LogP contribution < -0.4 is 9.46 Å². The van der Waals surface area contributed by atoms with Crippen molar-refractivity contribution >= 4 is 21.8 Å². The summed E-state index contributed by atoms with van der Waals surface area (Å²) in [5.74, 6) is -0.227. The standard InChI is InChI=1S/C25H30N2O5S/c1-24(2,3)19-7-5-17(6-8-19)15-22(28)27-13-12-25(27,4)23(29)26-33(30,31)20-9-10-21-18(16-20)11-14-32-21/h5-10,16H,11-15H2,1-4H3,(H,26,29). The number of rotatable bonds is 5. The third-order valence-corrected chi connectivity index (χ3v) is 7.91. The molecule has 4 rings (SSSR count). The summed E-state index contributed by atoms with van der Waals surface area (Å²) in [6.45, 7) is 8.92. The molecule has 8 heteroatoms. The lowest BCUT2D eigenvalue weighted by atomic mass is 9.84. The number of likely N-dealkylation sites (tertiary alicyclic amines) is 1. The Kier molecular flexibility index (Phi) is 5.76. The summed E-state index contributed by atoms with van der Waals surface area (Å²) < 4.78 is 33.3. The molecular weight excluding hydrogens is 440 g/mol. The van der Waals surface area contributed by atoms with Gasteiger partial charge in [-0.05, 0) is 53.6 Å². The van der Waals surface area contributed by atoms with Gasteiger partial charge in [-0.25, -0.2) is 13.1 Å². The molecule has 0 radical (unpaired) electrons. The number of benzene rings is 2. The Bertz CT molecular complexity index is 1200. The van der Waals surface area contributed by atoms with Gasteiger partial charge in [0.1, 0.15) is 11.3 Å². The number of sulfonamides is 1. The van der Waals surface area contributed by atoms with E-state index in [1.54, 1.807) is 13.0 Å². The van der Waals surface area contributed by atoms with Gasteiger partial charge in [0.15, 0.2) is 0 Å². The normalized spacial score (nSPS) is 19.9. The van der Waals surface area contributed by atoms with E-state index in [-0.39, 0.29) is 22.6 Å². The molecule has 33 heavy (non-hydrogen) atoms. The van der Waals surface area contributed by atoms with Crippen LogP contribution in [0.2, 0.25) is 0 Å². The second kappa shape index (κ2) is 8.17. The molecule has 0 saturated carbocycles. The number of hydrogen-bond donors (Lipinski definition) is 1. The molecule has 1 atom stereocenters. The van der Waals surface area contributed by atoms with Gasteiger partial charge in [0.2, 0.25) is 5.91 Å². The van der Waals surface area contributed by atoms with Crippen molar-refractivity contribution in [1.82, 2.24) is 9.62 Å². The second-order valence-electron chi connectivity index (χ2n) is 10.00. The first-order valence-corrected chi connectivity index (χ1v) is 12.6. The van der Waals surface area contributed by atoms with E-state index in [1.807, 2.05) is 24.3 Å². The Morgan fingerprint density at radius 1 is 1.12 bits per heavy atom. The van der Waals surface area contributed by atoms with Crippen LogP contribution in [0.15, 0.2) is 47.4 Å². The van der Waals surface area contributed by atoms with Gasteiger partial charge in [-0.15, -0.1) is 0 Å². The summed E-state index contributed by atoms with van der Waals surface area (Å²) in [5.41, 5.74) is 1.66. The van der Waals surface area contributed by atoms with Crippen molar-refractivity contribution in [2.45, 2.75) is 62.8 Å². The summed E-state index contributed by atoms with van der Waals surface area (Å²) in [4.78, 5) is 27.4. The number of nitrogens with zero attached hydrogens (tertiary/aromatic N) is 1. The monoisotopic (exact) mass is 470 g/mol. The van der Waals surface area contributed by atoms with Crippen molar-refractivity contribution in [3.05, 3.63) is 59.2 Å². The van der Waals surface area contributed by atoms with Crippen molar-refractivity contribution in [2.24, 2.45) is 0 Å². The average Bonchev–Trinajstić information content (AvgIpc) is 3.19. The maximum absolute atomic E-state index is 13.0. The van der Waals surface area contributed by atoms with E-state index >= 15 is 0 Å². The molecule has 0 aromatic heterocycles. The van der Waals surface area contributed by atoms with E-state index < -0.39 is 21.5 Å². The van der Waals surface area contributed by atoms with Crippen LogP contribution in [-0.2, 0) is 37.9 Å². The van der Waals surface area contributed by atoms with Crippen LogP contribution in [0.4, 0.5) is 0 Å². The van der Waals surface area contributed by atoms with Crippen LogP contribution in [-0.4, -0.2) is 43.8 Å². The Labute approximate surface area is 195 Å². The summed E-state index contributed by atoms with van der Waals surface area (Å²) in [6, 6.07) is 12.4. The topological polar surface area (TPSA) is 92.8 Å². The second-order valence-corrected chi connectivity index (χ2v) is 11.7. The van der Waals surface area contributed by atoms with E-state index in [0.717, 1.165) is 11.1 Å². The summed E-state index contributed by atoms with van der Waals surface area (Å²) in [5, 5.41) is 0. The lowest BCUT2D eigenvalue weighted by Gasteiger charge is -2.49. The highest BCUT2D eigenvalue weighted by molar-refractivity contribution is 7.90. The number of carbonyl (C=O) groups excluding carboxylic acids is 2. The Hall–Kier alpha value is -2.87. The van der Waals surface area contributed by atoms with Crippen LogP contribution in [0, 0.1) is 0 Å². The molecule has 2 heterocycles. The number of amides is 2. The van der Waals surface area contributed by atoms with E-state index in [1.165, 1.54) is 22.6 Å². The number of hydrogen-bond acceptors (Lipinski definition) is 5. The molecule has 0 bridgehead atoms. The molecular formula is C25H30N2O5S. The van der Waals surface area contributed by atoms with Crippen molar-refractivity contribution in [3.63, 3.8) is 0 Å². The number of carbonyl (C=O) groups is 2. The van der Waals surface area contributed by atoms with Gasteiger partial charge < -0.3 is 9.64 Å². The number of nitrogens with one attached hydrogen (secondary N) is 1. The van der Waals surface area contributed by atoms with Crippen LogP contribution in [0.3, 0.4) is 0 Å². The molecule has 2 aromatic rings. The smallest absolute Gasteiger partial charge is 0.264 e. The van der Waals surface area contributed by atoms with E-state index in [0.29, 0.717) is 31.7 Å². The molecule has 1 fully saturated rings. The van der Waals surface area contributed by atoms with E-state index in [2.05, 4.69) is 25.5 Å². The lowest BCUT2D eigenvalue weighted by Crippen LogP contribution is -2.68. The predicted molar refractivity (Wildman–Crippen MR) is 125 cm³/mol. The fourth-order valence-electron chi connectivity index (χ4n) is 4.21. The first kappa shape index (κ1) is 23.3. The number of fused-ring (bicyclic) bond motifs is 1. The molecule has 0 aliphatic carbocycles. The van der Waals surface area contributed by atoms with Crippen LogP contribution in [0.1, 0.15) is 50.8 Å². The molecule has 1 saturated heterocycles. The van der Waals surface area contributed by atoms with Gasteiger partial charge >= 0.3 is 0 Å². The quantitative estimate of drug-likeness (QED) is 0.725. The fraction of sp³-hybridized carbons (Fsp3) is 0.440. The van der Waals surface area contributed by atoms with Crippen LogP contribution in [0.25, 0.3) is 0 Å². The molecule has 2 aliphatic rings. The molecule has 1 N–H and O–H groups in total. The Morgan fingerprint density at radius 3 is 2.42 bits per heavy atom. The minimum absolute atomic E-state index is 0.0137. The third-order valence-electron chi connectivity index (χ3n) is 6.58. The average molecular weight is 471 g/mol. The molecule has 176 valence electrons. The summed E-state index contributed by atoms with van der Waals surface area (Å²) >= 11 is 0. The van der Waals surface area contributed by atoms with Gasteiger partial charge in [0.25, 0.3) is 15.9 Å². The van der Waals surface area contributed by atoms with Crippen LogP contribution >= 0.6 is 0 Å². The number of ether oxygens (including phenoxy) is 1. The first-order valence-electron chi connectivity index (χ1n) is 11.1. The van der Waals surface area contributed by atoms with Crippen molar-refractivity contribution in [1.29, 1.82) is 0 Å². The lowest BCUT2D eigenvalue weighted by molar-refractivity contribution is -0.156. The molecule has 2 aromatic carbocycles. The first-order chi connectivity index (χ1) is 15.4. The largest absolute Gasteiger partial charge is 0.493 e. The van der Waals surface area contributed by atoms with E-state index in [9.17, 15) is 18.0 Å². The highest BCUT2D eigenvalue weighted by Crippen LogP contribution is 2.33. The van der Waals surface area contributed by atoms with Crippen molar-refractivity contribution in [3.8, 4) is 5.75 Å². The Morgan fingerprint density at radius 2 is 1.82 bits per heavy atom. The van der Waals surface area contributed by atoms with Crippen molar-refractivity contribution < 1.29 is 22.7 Å². The minimum Gasteiger partial charge on any atom is -0.493 e. The van der Waals surface area contributed by atoms with Gasteiger partial charge in [-0.2, -0.15) is 0 Å². The zero-order chi connectivity index (χ0) is 24.0. The third kappa shape index (κ3) is 4.49. The Balaban J connectivity index is 1.44. The maximum atomic E-state index is 13.0. The van der Waals surface area contributed by atoms with Gasteiger partial charge in [-0.3, -0.25) is 9.59 Å². The summed E-state index contributed by atoms with van der Waals surface area (Å²) in [7, 11) is -4.06. The van der Waals surface area contributed by atoms with Gasteiger partial charge in [0.05, 0.1) is 17.9 Å². The van der Waals surface area contributed by atoms with Crippen molar-refractivity contribution in [2.75, 3.05) is 13.2 Å². The molecule has 2 aliphatic heterocycles. The molecule has 2 amide bonds. The SMILES string of the molecule is CC(C)(C)c1ccc(CC(=O)N2CCC2(C)C(=O)NS(=O)(=O)c2ccc3c(c2)CCO3)cc1. The highest BCUT2D eigenvalue weighted by atomic mass is 32.2. The molecule has 0 spiro atoms. The fourth-order valence-corrected chi connectivity index (χ4v) is 5.34. The maximum Gasteiger partial charge on any atom is 0.264 e. The zero-order valence-electron chi connectivity index (χ0n) is 19.5. The minimum atomic E-state index is -4.06. The van der Waals surface area contributed by atoms with Gasteiger partial charge in [-0.1, -0.05) is 45.0 Å². The van der Waals surface area contributed by atoms with Gasteiger partial charge in [0, 0.05) is 13.0 Å². The molecule has 7 nitrogen and oxygen atoms in total. The summed E-state index contributed by atoms with van der Waals surface area (Å²) in [6.07, 6.45) is 1.19.